The fraction of sp³-hybridized carbons (Fsp3) is 0.600. The Morgan fingerprint density at radius 3 is 2.68 bits per heavy atom. The number of hydrogen-bond donors (Lipinski definition) is 3. The van der Waals surface area contributed by atoms with Gasteiger partial charge in [0.2, 0.25) is 11.8 Å². The van der Waals surface area contributed by atoms with Crippen molar-refractivity contribution in [2.75, 3.05) is 38.9 Å². The van der Waals surface area contributed by atoms with E-state index in [-0.39, 0.29) is 23.6 Å². The zero-order valence-electron chi connectivity index (χ0n) is 32.2. The van der Waals surface area contributed by atoms with Crippen LogP contribution < -0.4 is 15.0 Å². The molecule has 2 saturated heterocycles. The van der Waals surface area contributed by atoms with Crippen LogP contribution in [-0.4, -0.2) is 110 Å². The van der Waals surface area contributed by atoms with Crippen molar-refractivity contribution in [1.29, 1.82) is 0 Å². The van der Waals surface area contributed by atoms with Crippen molar-refractivity contribution in [1.82, 2.24) is 10.2 Å². The minimum Gasteiger partial charge on any atom is -0.495 e. The third kappa shape index (κ3) is 8.42. The molecule has 0 spiro atoms. The number of alkyl carbamates (subject to hydrolysis) is 1. The van der Waals surface area contributed by atoms with Gasteiger partial charge in [-0.2, -0.15) is 12.6 Å². The van der Waals surface area contributed by atoms with Crippen molar-refractivity contribution < 1.29 is 52.1 Å². The van der Waals surface area contributed by atoms with Gasteiger partial charge in [0, 0.05) is 44.0 Å². The Balaban J connectivity index is 1.80. The number of rotatable bonds is 7. The van der Waals surface area contributed by atoms with Crippen molar-refractivity contribution in [2.24, 2.45) is 5.92 Å². The van der Waals surface area contributed by atoms with Gasteiger partial charge in [0.05, 0.1) is 25.3 Å². The number of halogens is 1. The predicted molar refractivity (Wildman–Crippen MR) is 189 cm³/mol. The number of anilines is 1. The number of amides is 3. The average molecular weight is 742 g/mol. The van der Waals surface area contributed by atoms with Crippen LogP contribution in [0.5, 0.6) is 5.75 Å². The highest BCUT2D eigenvalue weighted by atomic mass is 35.5. The van der Waals surface area contributed by atoms with Crippen molar-refractivity contribution in [3.63, 3.8) is 0 Å². The Kier molecular flexibility index (Phi) is 11.2. The zero-order valence-corrected chi connectivity index (χ0v) is 30.9. The van der Waals surface area contributed by atoms with E-state index in [1.807, 2.05) is 13.0 Å². The Hall–Kier alpha value is -3.30. The molecule has 0 aromatic heterocycles. The van der Waals surface area contributed by atoms with E-state index in [1.165, 1.54) is 33.1 Å². The molecule has 1 aromatic carbocycles. The monoisotopic (exact) mass is 741 g/mol. The van der Waals surface area contributed by atoms with Gasteiger partial charge in [0.15, 0.2) is 5.72 Å². The van der Waals surface area contributed by atoms with E-state index in [4.69, 9.17) is 39.4 Å². The van der Waals surface area contributed by atoms with E-state index < -0.39 is 85.0 Å². The van der Waals surface area contributed by atoms with Gasteiger partial charge in [-0.1, -0.05) is 42.3 Å². The summed E-state index contributed by atoms with van der Waals surface area (Å²) >= 11 is 10.7. The molecule has 4 bridgehead atoms. The molecular formula is C35H48ClN3O10S. The quantitative estimate of drug-likeness (QED) is 0.163. The van der Waals surface area contributed by atoms with Crippen LogP contribution in [0.25, 0.3) is 0 Å². The number of epoxide rings is 1. The number of allylic oxidation sites excluding steroid dienone is 3. The van der Waals surface area contributed by atoms with Gasteiger partial charge in [-0.15, -0.1) is 0 Å². The highest BCUT2D eigenvalue weighted by Gasteiger charge is 2.64. The third-order valence-corrected chi connectivity index (χ3v) is 10.1. The number of ether oxygens (including phenoxy) is 5. The molecule has 3 amide bonds. The van der Waals surface area contributed by atoms with E-state index in [0.717, 1.165) is 11.1 Å². The molecule has 4 rings (SSSR count). The first kappa shape index (κ1) is 35.1. The van der Waals surface area contributed by atoms with Crippen LogP contribution in [0.2, 0.25) is 5.02 Å². The molecule has 2 fully saturated rings. The zero-order chi connectivity index (χ0) is 39.6. The van der Waals surface area contributed by atoms with E-state index in [9.17, 15) is 24.3 Å². The van der Waals surface area contributed by atoms with E-state index in [0.29, 0.717) is 22.8 Å². The normalized spacial score (nSPS) is 31.8. The summed E-state index contributed by atoms with van der Waals surface area (Å²) in [6, 6.07) is 1.90. The van der Waals surface area contributed by atoms with E-state index >= 15 is 0 Å². The number of carbonyl (C=O) groups is 4. The molecule has 3 aliphatic heterocycles. The molecule has 0 radical (unpaired) electrons. The minimum atomic E-state index is -2.98. The lowest BCUT2D eigenvalue weighted by Gasteiger charge is -2.42. The maximum absolute atomic E-state index is 14.1. The molecule has 0 unspecified atom stereocenters. The number of thiol groups is 1. The van der Waals surface area contributed by atoms with Gasteiger partial charge in [0.25, 0.3) is 0 Å². The average Bonchev–Trinajstić information content (AvgIpc) is 3.77. The molecule has 3 heterocycles. The summed E-state index contributed by atoms with van der Waals surface area (Å²) in [5.74, 6) is -2.73. The number of nitrogens with zero attached hydrogens (tertiary/aromatic N) is 2. The van der Waals surface area contributed by atoms with Gasteiger partial charge in [-0.3, -0.25) is 14.9 Å². The smallest absolute Gasteiger partial charge is 0.409 e. The van der Waals surface area contributed by atoms with Gasteiger partial charge < -0.3 is 38.6 Å². The van der Waals surface area contributed by atoms with Crippen LogP contribution in [-0.2, 0) is 39.8 Å². The van der Waals surface area contributed by atoms with Gasteiger partial charge in [-0.25, -0.2) is 9.59 Å². The molecule has 3 aliphatic rings. The number of benzene rings is 1. The van der Waals surface area contributed by atoms with Crippen LogP contribution in [0.3, 0.4) is 0 Å². The standard InChI is InChI=1S/C35H48ClN3O10S/c1-19-10-9-11-26(46-8)35(44)18-25(47-33(43)37-35)20(2)31-34(4,49-31)27(48-32(42)21(3)38(5)28(40)12-13-50)17-29(41)39(6)23-15-22(14-19)16-24(45-7)30(23)36/h9-11,15-16,20-21,25-27,31,44,50H,12-14,17-18H2,1-8H3,(H,37,43)/t20-,21+,25+,26-,27+,31-,34+,35+/m1/s1/i5+1D3. The first-order valence-electron chi connectivity index (χ1n) is 17.7. The molecule has 276 valence electrons. The maximum atomic E-state index is 14.1. The minimum absolute atomic E-state index is 0.0460. The number of aliphatic hydroxyl groups is 1. The highest BCUT2D eigenvalue weighted by molar-refractivity contribution is 7.80. The lowest BCUT2D eigenvalue weighted by atomic mass is 9.83. The first-order chi connectivity index (χ1) is 24.7. The number of hydrogen-bond acceptors (Lipinski definition) is 11. The second-order valence-corrected chi connectivity index (χ2v) is 14.0. The fourth-order valence-electron chi connectivity index (χ4n) is 6.38. The topological polar surface area (TPSA) is 156 Å². The van der Waals surface area contributed by atoms with E-state index in [2.05, 4.69) is 17.9 Å². The number of esters is 1. The highest BCUT2D eigenvalue weighted by Crippen LogP contribution is 2.49. The number of nitrogens with one attached hydrogen (secondary N) is 1. The predicted octanol–water partition coefficient (Wildman–Crippen LogP) is 3.83. The van der Waals surface area contributed by atoms with Crippen LogP contribution in [0.1, 0.15) is 56.6 Å². The Morgan fingerprint density at radius 1 is 1.32 bits per heavy atom. The lowest BCUT2D eigenvalue weighted by Crippen LogP contribution is -2.63. The van der Waals surface area contributed by atoms with Gasteiger partial charge in [0.1, 0.15) is 40.7 Å². The summed E-state index contributed by atoms with van der Waals surface area (Å²) in [7, 11) is 4.35. The molecule has 13 nitrogen and oxygen atoms in total. The number of fused-ring (bicyclic) bond motifs is 5. The van der Waals surface area contributed by atoms with Crippen molar-refractivity contribution in [2.45, 2.75) is 95.2 Å². The third-order valence-electron chi connectivity index (χ3n) is 9.53. The van der Waals surface area contributed by atoms with E-state index in [1.54, 1.807) is 38.1 Å². The lowest BCUT2D eigenvalue weighted by molar-refractivity contribution is -0.161. The van der Waals surface area contributed by atoms with Gasteiger partial charge >= 0.3 is 12.1 Å². The molecule has 1 aromatic rings. The van der Waals surface area contributed by atoms with Crippen molar-refractivity contribution >= 4 is 53.8 Å². The number of carbonyl (C=O) groups excluding carboxylic acids is 4. The second kappa shape index (κ2) is 15.9. The maximum Gasteiger partial charge on any atom is 0.409 e. The number of methoxy groups -OCH3 is 2. The fourth-order valence-corrected chi connectivity index (χ4v) is 6.89. The number of likely N-dealkylation sites (N-methyl/N-ethyl adjacent to an activating group) is 1. The summed E-state index contributed by atoms with van der Waals surface area (Å²) in [6.45, 7) is 3.47. The molecule has 0 aliphatic carbocycles. The van der Waals surface area contributed by atoms with Crippen molar-refractivity contribution in [3.05, 3.63) is 46.5 Å². The molecule has 8 atom stereocenters. The molecule has 0 saturated carbocycles. The van der Waals surface area contributed by atoms with Crippen LogP contribution >= 0.6 is 24.2 Å². The summed E-state index contributed by atoms with van der Waals surface area (Å²) in [6.07, 6.45) is -0.171. The van der Waals surface area contributed by atoms with Crippen LogP contribution in [0.4, 0.5) is 10.5 Å². The molecular weight excluding hydrogens is 691 g/mol. The molecule has 2 N–H and O–H groups in total. The Bertz CT molecular complexity index is 1650. The summed E-state index contributed by atoms with van der Waals surface area (Å²) < 4.78 is 52.7. The molecule has 50 heavy (non-hydrogen) atoms. The SMILES string of the molecule is [2H][13C]([2H])([2H])N(C(=O)CCS)[C@@H](C)C(=O)O[C@H]1CC(=O)N(C)c2cc(cc(OC)c2Cl)CC(C)=CC=C[C@@H](OC)[C@@]2(O)C[C@H](OC(=O)N2)[C@@H](C)[C@H]2O[C@@]12C. The Morgan fingerprint density at radius 2 is 2.04 bits per heavy atom. The van der Waals surface area contributed by atoms with Crippen molar-refractivity contribution in [3.8, 4) is 5.75 Å². The summed E-state index contributed by atoms with van der Waals surface area (Å²) in [5.41, 5.74) is -1.29. The summed E-state index contributed by atoms with van der Waals surface area (Å²) in [5, 5.41) is 14.3. The molecule has 15 heteroatoms. The summed E-state index contributed by atoms with van der Waals surface area (Å²) in [4.78, 5) is 55.3. The largest absolute Gasteiger partial charge is 0.495 e. The van der Waals surface area contributed by atoms with Crippen LogP contribution in [0, 0.1) is 5.92 Å². The Labute approximate surface area is 307 Å². The van der Waals surface area contributed by atoms with Crippen LogP contribution in [0.15, 0.2) is 35.9 Å². The second-order valence-electron chi connectivity index (χ2n) is 13.1. The van der Waals surface area contributed by atoms with Gasteiger partial charge in [-0.05, 0) is 50.6 Å². The first-order valence-corrected chi connectivity index (χ1v) is 17.2.